The first-order valence-electron chi connectivity index (χ1n) is 13.2. The number of aliphatic hydroxyl groups excluding tert-OH is 1. The second-order valence-corrected chi connectivity index (χ2v) is 16.2. The molecule has 1 amide bonds. The van der Waals surface area contributed by atoms with Crippen LogP contribution in [0.1, 0.15) is 30.2 Å². The van der Waals surface area contributed by atoms with Crippen LogP contribution in [0, 0.1) is 9.49 Å². The van der Waals surface area contributed by atoms with Gasteiger partial charge >= 0.3 is 0 Å². The predicted molar refractivity (Wildman–Crippen MR) is 158 cm³/mol. The van der Waals surface area contributed by atoms with Crippen molar-refractivity contribution in [2.45, 2.75) is 63.2 Å². The van der Waals surface area contributed by atoms with Gasteiger partial charge in [0.15, 0.2) is 13.9 Å². The van der Waals surface area contributed by atoms with Gasteiger partial charge in [0.1, 0.15) is 5.75 Å². The summed E-state index contributed by atoms with van der Waals surface area (Å²) >= 11 is 2.28. The Morgan fingerprint density at radius 2 is 2.03 bits per heavy atom. The van der Waals surface area contributed by atoms with Gasteiger partial charge in [0.2, 0.25) is 0 Å². The van der Waals surface area contributed by atoms with Crippen LogP contribution in [0.3, 0.4) is 0 Å². The SMILES string of the molecule is COc1ccc2c(c1)[C@]1(O[C@@H](CCn3cc(CCO)nn3)[C@H]([Si](C)(C)O)[C@H]1C)C(=O)N2Cc1cccc(I)c1. The summed E-state index contributed by atoms with van der Waals surface area (Å²) in [7, 11) is -1.15. The summed E-state index contributed by atoms with van der Waals surface area (Å²) in [5.74, 6) is 0.301. The van der Waals surface area contributed by atoms with E-state index in [4.69, 9.17) is 9.47 Å². The zero-order valence-electron chi connectivity index (χ0n) is 22.7. The molecule has 0 saturated carbocycles. The minimum absolute atomic E-state index is 0.0143. The van der Waals surface area contributed by atoms with Crippen LogP contribution in [-0.4, -0.2) is 58.9 Å². The first-order valence-corrected chi connectivity index (χ1v) is 17.3. The molecule has 3 heterocycles. The fourth-order valence-corrected chi connectivity index (χ4v) is 9.58. The number of aromatic nitrogens is 3. The Morgan fingerprint density at radius 3 is 2.72 bits per heavy atom. The number of halogens is 1. The Kier molecular flexibility index (Phi) is 7.90. The van der Waals surface area contributed by atoms with Gasteiger partial charge in [-0.25, -0.2) is 0 Å². The number of benzene rings is 2. The van der Waals surface area contributed by atoms with Gasteiger partial charge in [-0.2, -0.15) is 0 Å². The molecule has 1 saturated heterocycles. The number of fused-ring (bicyclic) bond motifs is 2. The molecule has 11 heteroatoms. The fourth-order valence-electron chi connectivity index (χ4n) is 6.36. The Hall–Kier alpha value is -2.32. The summed E-state index contributed by atoms with van der Waals surface area (Å²) in [6, 6.07) is 13.9. The number of aliphatic hydroxyl groups is 1. The standard InChI is InChI=1S/C28H35IN4O5Si/c1-18-26(39(3,4)36)25(10-12-32-17-21(11-13-34)30-31-32)38-28(18)23-15-22(37-2)8-9-24(23)33(27(28)35)16-19-6-5-7-20(29)14-19/h5-9,14-15,17-18,25-26,34,36H,10-13,16H2,1-4H3/t18-,25+,26-,28+/m1/s1. The van der Waals surface area contributed by atoms with Crippen molar-refractivity contribution in [2.75, 3.05) is 18.6 Å². The highest BCUT2D eigenvalue weighted by atomic mass is 127. The summed E-state index contributed by atoms with van der Waals surface area (Å²) in [5.41, 5.74) is 1.96. The number of ether oxygens (including phenoxy) is 2. The molecule has 0 bridgehead atoms. The molecule has 2 N–H and O–H groups in total. The van der Waals surface area contributed by atoms with Crippen molar-refractivity contribution < 1.29 is 24.2 Å². The molecule has 2 aromatic carbocycles. The molecule has 1 spiro atoms. The molecule has 0 unspecified atom stereocenters. The van der Waals surface area contributed by atoms with Crippen LogP contribution in [0.2, 0.25) is 18.6 Å². The molecule has 1 aromatic heterocycles. The summed E-state index contributed by atoms with van der Waals surface area (Å²) < 4.78 is 15.3. The number of hydrogen-bond acceptors (Lipinski definition) is 7. The first kappa shape index (κ1) is 28.2. The van der Waals surface area contributed by atoms with Crippen LogP contribution in [0.4, 0.5) is 5.69 Å². The zero-order chi connectivity index (χ0) is 27.9. The largest absolute Gasteiger partial charge is 0.497 e. The lowest BCUT2D eigenvalue weighted by Gasteiger charge is -2.32. The molecule has 208 valence electrons. The summed E-state index contributed by atoms with van der Waals surface area (Å²) in [4.78, 5) is 27.8. The van der Waals surface area contributed by atoms with Crippen molar-refractivity contribution in [1.29, 1.82) is 0 Å². The number of carbonyl (C=O) groups excluding carboxylic acids is 1. The number of anilines is 1. The Bertz CT molecular complexity index is 1360. The number of aryl methyl sites for hydroxylation is 1. The highest BCUT2D eigenvalue weighted by Gasteiger charge is 2.66. The fraction of sp³-hybridized carbons (Fsp3) is 0.464. The maximum absolute atomic E-state index is 14.5. The average Bonchev–Trinajstić information content (AvgIpc) is 3.53. The van der Waals surface area contributed by atoms with Gasteiger partial charge in [-0.3, -0.25) is 9.48 Å². The van der Waals surface area contributed by atoms with Crippen LogP contribution in [-0.2, 0) is 34.6 Å². The van der Waals surface area contributed by atoms with Gasteiger partial charge in [0, 0.05) is 46.4 Å². The van der Waals surface area contributed by atoms with Gasteiger partial charge in [0.25, 0.3) is 5.91 Å². The van der Waals surface area contributed by atoms with E-state index < -0.39 is 13.9 Å². The van der Waals surface area contributed by atoms with Crippen molar-refractivity contribution in [3.05, 3.63) is 69.1 Å². The molecule has 0 radical (unpaired) electrons. The smallest absolute Gasteiger partial charge is 0.264 e. The van der Waals surface area contributed by atoms with Gasteiger partial charge in [-0.15, -0.1) is 5.10 Å². The van der Waals surface area contributed by atoms with Gasteiger partial charge in [0.05, 0.1) is 31.1 Å². The van der Waals surface area contributed by atoms with E-state index in [9.17, 15) is 14.7 Å². The Morgan fingerprint density at radius 1 is 1.23 bits per heavy atom. The van der Waals surface area contributed by atoms with E-state index in [2.05, 4.69) is 39.0 Å². The zero-order valence-corrected chi connectivity index (χ0v) is 25.8. The van der Waals surface area contributed by atoms with Crippen LogP contribution < -0.4 is 9.64 Å². The predicted octanol–water partition coefficient (Wildman–Crippen LogP) is 3.86. The normalized spacial score (nSPS) is 24.5. The molecule has 2 aliphatic rings. The van der Waals surface area contributed by atoms with E-state index in [1.807, 2.05) is 67.5 Å². The lowest BCUT2D eigenvalue weighted by atomic mass is 9.82. The number of amides is 1. The molecular formula is C28H35IN4O5Si. The maximum atomic E-state index is 14.5. The van der Waals surface area contributed by atoms with E-state index in [0.717, 1.165) is 26.1 Å². The number of methoxy groups -OCH3 is 1. The monoisotopic (exact) mass is 662 g/mol. The summed E-state index contributed by atoms with van der Waals surface area (Å²) in [6.07, 6.45) is 2.49. The van der Waals surface area contributed by atoms with E-state index in [1.165, 1.54) is 0 Å². The van der Waals surface area contributed by atoms with Crippen molar-refractivity contribution in [1.82, 2.24) is 15.0 Å². The third kappa shape index (κ3) is 5.15. The topological polar surface area (TPSA) is 110 Å². The lowest BCUT2D eigenvalue weighted by Crippen LogP contribution is -2.46. The van der Waals surface area contributed by atoms with E-state index in [1.54, 1.807) is 11.8 Å². The van der Waals surface area contributed by atoms with Gasteiger partial charge in [-0.1, -0.05) is 24.3 Å². The second kappa shape index (κ2) is 10.9. The third-order valence-corrected chi connectivity index (χ3v) is 11.2. The quantitative estimate of drug-likeness (QED) is 0.265. The van der Waals surface area contributed by atoms with Crippen molar-refractivity contribution in [3.63, 3.8) is 0 Å². The van der Waals surface area contributed by atoms with Gasteiger partial charge < -0.3 is 24.3 Å². The van der Waals surface area contributed by atoms with Crippen molar-refractivity contribution in [2.24, 2.45) is 5.92 Å². The molecule has 2 aliphatic heterocycles. The van der Waals surface area contributed by atoms with Gasteiger partial charge in [-0.05, 0) is 78.0 Å². The number of rotatable bonds is 9. The molecule has 4 atom stereocenters. The maximum Gasteiger partial charge on any atom is 0.264 e. The minimum atomic E-state index is -2.77. The summed E-state index contributed by atoms with van der Waals surface area (Å²) in [6.45, 7) is 6.86. The summed E-state index contributed by atoms with van der Waals surface area (Å²) in [5, 5.41) is 17.5. The highest BCUT2D eigenvalue weighted by Crippen LogP contribution is 2.60. The third-order valence-electron chi connectivity index (χ3n) is 8.02. The van der Waals surface area contributed by atoms with E-state index in [-0.39, 0.29) is 30.1 Å². The Balaban J connectivity index is 1.52. The van der Waals surface area contributed by atoms with Crippen molar-refractivity contribution in [3.8, 4) is 5.75 Å². The average molecular weight is 663 g/mol. The van der Waals surface area contributed by atoms with Crippen molar-refractivity contribution >= 4 is 42.5 Å². The number of hydrogen-bond donors (Lipinski definition) is 2. The lowest BCUT2D eigenvalue weighted by molar-refractivity contribution is -0.146. The van der Waals surface area contributed by atoms with E-state index in [0.29, 0.717) is 31.7 Å². The molecular weight excluding hydrogens is 627 g/mol. The van der Waals surface area contributed by atoms with Crippen LogP contribution >= 0.6 is 22.6 Å². The second-order valence-electron chi connectivity index (χ2n) is 11.0. The first-order chi connectivity index (χ1) is 18.6. The number of nitrogens with zero attached hydrogens (tertiary/aromatic N) is 4. The van der Waals surface area contributed by atoms with Crippen LogP contribution in [0.15, 0.2) is 48.7 Å². The molecule has 1 fully saturated rings. The molecule has 3 aromatic rings. The molecule has 5 rings (SSSR count). The molecule has 0 aliphatic carbocycles. The van der Waals surface area contributed by atoms with Crippen LogP contribution in [0.25, 0.3) is 0 Å². The molecule has 9 nitrogen and oxygen atoms in total. The molecule has 39 heavy (non-hydrogen) atoms. The Labute approximate surface area is 243 Å². The van der Waals surface area contributed by atoms with Crippen LogP contribution in [0.5, 0.6) is 5.75 Å². The van der Waals surface area contributed by atoms with E-state index >= 15 is 0 Å². The highest BCUT2D eigenvalue weighted by molar-refractivity contribution is 14.1. The number of carbonyl (C=O) groups is 1. The minimum Gasteiger partial charge on any atom is -0.497 e.